The third-order valence-electron chi connectivity index (χ3n) is 5.00. The van der Waals surface area contributed by atoms with Gasteiger partial charge in [-0.25, -0.2) is 0 Å². The SMILES string of the molecule is CC(NC(=O)CCc1cccs1)C1CC2CCC1C2. The third-order valence-corrected chi connectivity index (χ3v) is 5.94. The molecule has 2 aliphatic carbocycles. The second-order valence-electron chi connectivity index (χ2n) is 6.27. The van der Waals surface area contributed by atoms with Crippen LogP contribution in [0.3, 0.4) is 0 Å². The van der Waals surface area contributed by atoms with E-state index in [-0.39, 0.29) is 5.91 Å². The first kappa shape index (κ1) is 13.2. The van der Waals surface area contributed by atoms with Gasteiger partial charge in [-0.05, 0) is 61.8 Å². The van der Waals surface area contributed by atoms with Gasteiger partial charge in [0.25, 0.3) is 0 Å². The number of rotatable bonds is 5. The number of amides is 1. The maximum absolute atomic E-state index is 12.0. The maximum Gasteiger partial charge on any atom is 0.220 e. The van der Waals surface area contributed by atoms with Crippen molar-refractivity contribution in [2.45, 2.75) is 51.5 Å². The molecule has 0 saturated heterocycles. The first-order valence-corrected chi connectivity index (χ1v) is 8.42. The summed E-state index contributed by atoms with van der Waals surface area (Å²) in [5.74, 6) is 2.81. The predicted molar refractivity (Wildman–Crippen MR) is 79.2 cm³/mol. The molecule has 0 aliphatic heterocycles. The van der Waals surface area contributed by atoms with E-state index in [0.29, 0.717) is 12.5 Å². The maximum atomic E-state index is 12.0. The van der Waals surface area contributed by atoms with E-state index >= 15 is 0 Å². The summed E-state index contributed by atoms with van der Waals surface area (Å²) in [6.07, 6.45) is 7.10. The Bertz CT molecular complexity index is 428. The van der Waals surface area contributed by atoms with Crippen molar-refractivity contribution in [1.29, 1.82) is 0 Å². The molecule has 104 valence electrons. The summed E-state index contributed by atoms with van der Waals surface area (Å²) in [6.45, 7) is 2.20. The summed E-state index contributed by atoms with van der Waals surface area (Å²) < 4.78 is 0. The fourth-order valence-electron chi connectivity index (χ4n) is 4.03. The molecule has 2 fully saturated rings. The molecule has 0 radical (unpaired) electrons. The van der Waals surface area contributed by atoms with Crippen molar-refractivity contribution in [3.05, 3.63) is 22.4 Å². The van der Waals surface area contributed by atoms with Gasteiger partial charge in [-0.15, -0.1) is 11.3 Å². The Labute approximate surface area is 119 Å². The molecule has 3 heteroatoms. The number of carbonyl (C=O) groups excluding carboxylic acids is 1. The Morgan fingerprint density at radius 2 is 2.37 bits per heavy atom. The summed E-state index contributed by atoms with van der Waals surface area (Å²) in [4.78, 5) is 13.3. The number of carbonyl (C=O) groups is 1. The lowest BCUT2D eigenvalue weighted by Gasteiger charge is -2.28. The van der Waals surface area contributed by atoms with Gasteiger partial charge >= 0.3 is 0 Å². The zero-order valence-electron chi connectivity index (χ0n) is 11.6. The van der Waals surface area contributed by atoms with Crippen LogP contribution in [0.4, 0.5) is 0 Å². The van der Waals surface area contributed by atoms with Crippen molar-refractivity contribution in [1.82, 2.24) is 5.32 Å². The number of fused-ring (bicyclic) bond motifs is 2. The van der Waals surface area contributed by atoms with Crippen molar-refractivity contribution < 1.29 is 4.79 Å². The van der Waals surface area contributed by atoms with Gasteiger partial charge in [-0.1, -0.05) is 12.5 Å². The van der Waals surface area contributed by atoms with E-state index in [0.717, 1.165) is 24.2 Å². The molecule has 2 saturated carbocycles. The number of aryl methyl sites for hydroxylation is 1. The molecule has 1 heterocycles. The normalized spacial score (nSPS) is 30.5. The number of hydrogen-bond acceptors (Lipinski definition) is 2. The van der Waals surface area contributed by atoms with Crippen LogP contribution in [-0.2, 0) is 11.2 Å². The van der Waals surface area contributed by atoms with Gasteiger partial charge in [-0.2, -0.15) is 0 Å². The van der Waals surface area contributed by atoms with E-state index in [1.165, 1.54) is 30.6 Å². The molecule has 1 aromatic heterocycles. The van der Waals surface area contributed by atoms with Crippen LogP contribution in [-0.4, -0.2) is 11.9 Å². The molecule has 19 heavy (non-hydrogen) atoms. The van der Waals surface area contributed by atoms with Gasteiger partial charge in [0.05, 0.1) is 0 Å². The summed E-state index contributed by atoms with van der Waals surface area (Å²) in [6, 6.07) is 4.53. The molecule has 3 rings (SSSR count). The van der Waals surface area contributed by atoms with Crippen LogP contribution in [0, 0.1) is 17.8 Å². The van der Waals surface area contributed by atoms with Crippen molar-refractivity contribution in [2.24, 2.45) is 17.8 Å². The van der Waals surface area contributed by atoms with Gasteiger partial charge in [0, 0.05) is 17.3 Å². The highest BCUT2D eigenvalue weighted by Gasteiger charge is 2.41. The quantitative estimate of drug-likeness (QED) is 0.875. The number of nitrogens with one attached hydrogen (secondary N) is 1. The second kappa shape index (κ2) is 5.66. The van der Waals surface area contributed by atoms with Crippen LogP contribution in [0.1, 0.15) is 43.9 Å². The summed E-state index contributed by atoms with van der Waals surface area (Å²) >= 11 is 1.74. The number of hydrogen-bond donors (Lipinski definition) is 1. The third kappa shape index (κ3) is 3.02. The minimum Gasteiger partial charge on any atom is -0.353 e. The van der Waals surface area contributed by atoms with Crippen LogP contribution in [0.5, 0.6) is 0 Å². The zero-order chi connectivity index (χ0) is 13.2. The van der Waals surface area contributed by atoms with E-state index < -0.39 is 0 Å². The van der Waals surface area contributed by atoms with Crippen LogP contribution < -0.4 is 5.32 Å². The van der Waals surface area contributed by atoms with Gasteiger partial charge in [0.2, 0.25) is 5.91 Å². The Kier molecular flexibility index (Phi) is 3.92. The highest BCUT2D eigenvalue weighted by Crippen LogP contribution is 2.49. The van der Waals surface area contributed by atoms with Gasteiger partial charge in [-0.3, -0.25) is 4.79 Å². The fourth-order valence-corrected chi connectivity index (χ4v) is 4.74. The van der Waals surface area contributed by atoms with Crippen LogP contribution >= 0.6 is 11.3 Å². The summed E-state index contributed by atoms with van der Waals surface area (Å²) in [5.41, 5.74) is 0. The molecular weight excluding hydrogens is 254 g/mol. The van der Waals surface area contributed by atoms with Crippen molar-refractivity contribution in [2.75, 3.05) is 0 Å². The molecule has 2 bridgehead atoms. The molecule has 1 amide bonds. The monoisotopic (exact) mass is 277 g/mol. The van der Waals surface area contributed by atoms with Crippen LogP contribution in [0.2, 0.25) is 0 Å². The van der Waals surface area contributed by atoms with E-state index in [1.807, 2.05) is 0 Å². The van der Waals surface area contributed by atoms with Crippen LogP contribution in [0.25, 0.3) is 0 Å². The second-order valence-corrected chi connectivity index (χ2v) is 7.31. The Morgan fingerprint density at radius 3 is 3.00 bits per heavy atom. The van der Waals surface area contributed by atoms with E-state index in [2.05, 4.69) is 29.8 Å². The average Bonchev–Trinajstić information content (AvgIpc) is 3.13. The van der Waals surface area contributed by atoms with Gasteiger partial charge in [0.1, 0.15) is 0 Å². The molecule has 4 unspecified atom stereocenters. The average molecular weight is 277 g/mol. The Hall–Kier alpha value is -0.830. The van der Waals surface area contributed by atoms with Crippen molar-refractivity contribution in [3.63, 3.8) is 0 Å². The molecule has 4 atom stereocenters. The van der Waals surface area contributed by atoms with E-state index in [9.17, 15) is 4.79 Å². The Balaban J connectivity index is 1.44. The highest BCUT2D eigenvalue weighted by atomic mass is 32.1. The molecule has 0 spiro atoms. The minimum absolute atomic E-state index is 0.226. The largest absolute Gasteiger partial charge is 0.353 e. The topological polar surface area (TPSA) is 29.1 Å². The summed E-state index contributed by atoms with van der Waals surface area (Å²) in [7, 11) is 0. The zero-order valence-corrected chi connectivity index (χ0v) is 12.4. The van der Waals surface area contributed by atoms with E-state index in [4.69, 9.17) is 0 Å². The summed E-state index contributed by atoms with van der Waals surface area (Å²) in [5, 5.41) is 5.31. The predicted octanol–water partition coefficient (Wildman–Crippen LogP) is 3.62. The lowest BCUT2D eigenvalue weighted by atomic mass is 9.84. The van der Waals surface area contributed by atoms with Crippen molar-refractivity contribution in [3.8, 4) is 0 Å². The lowest BCUT2D eigenvalue weighted by molar-refractivity contribution is -0.122. The molecule has 0 aromatic carbocycles. The minimum atomic E-state index is 0.226. The first-order chi connectivity index (χ1) is 9.22. The Morgan fingerprint density at radius 1 is 1.47 bits per heavy atom. The van der Waals surface area contributed by atoms with Gasteiger partial charge in [0.15, 0.2) is 0 Å². The van der Waals surface area contributed by atoms with E-state index in [1.54, 1.807) is 11.3 Å². The van der Waals surface area contributed by atoms with Gasteiger partial charge < -0.3 is 5.32 Å². The first-order valence-electron chi connectivity index (χ1n) is 7.54. The van der Waals surface area contributed by atoms with Crippen molar-refractivity contribution >= 4 is 17.2 Å². The van der Waals surface area contributed by atoms with Crippen LogP contribution in [0.15, 0.2) is 17.5 Å². The smallest absolute Gasteiger partial charge is 0.220 e. The molecule has 1 N–H and O–H groups in total. The lowest BCUT2D eigenvalue weighted by Crippen LogP contribution is -2.40. The fraction of sp³-hybridized carbons (Fsp3) is 0.688. The highest BCUT2D eigenvalue weighted by molar-refractivity contribution is 7.09. The standard InChI is InChI=1S/C16H23NOS/c1-11(15-10-12-4-5-13(15)9-12)17-16(18)7-6-14-3-2-8-19-14/h2-3,8,11-13,15H,4-7,9-10H2,1H3,(H,17,18). The molecule has 2 nitrogen and oxygen atoms in total. The molecule has 2 aliphatic rings. The molecular formula is C16H23NOS. The molecule has 1 aromatic rings. The number of thiophene rings is 1.